The van der Waals surface area contributed by atoms with E-state index in [1.54, 1.807) is 30.5 Å². The fraction of sp³-hybridized carbons (Fsp3) is 0.375. The summed E-state index contributed by atoms with van der Waals surface area (Å²) in [4.78, 5) is 20.3. The Labute approximate surface area is 220 Å². The van der Waals surface area contributed by atoms with Crippen LogP contribution in [0.25, 0.3) is 11.3 Å². The summed E-state index contributed by atoms with van der Waals surface area (Å²) in [6, 6.07) is 9.86. The molecule has 0 atom stereocenters. The van der Waals surface area contributed by atoms with Crippen LogP contribution in [0.15, 0.2) is 42.6 Å². The van der Waals surface area contributed by atoms with E-state index in [1.165, 1.54) is 6.07 Å². The first-order valence-electron chi connectivity index (χ1n) is 11.9. The highest BCUT2D eigenvalue weighted by atomic mass is 35.5. The Balaban J connectivity index is 1.41. The van der Waals surface area contributed by atoms with Crippen molar-refractivity contribution in [3.05, 3.63) is 53.4 Å². The van der Waals surface area contributed by atoms with Crippen LogP contribution in [0.2, 0.25) is 5.02 Å². The van der Waals surface area contributed by atoms with Crippen LogP contribution in [0, 0.1) is 5.82 Å². The molecule has 10 nitrogen and oxygen atoms in total. The maximum Gasteiger partial charge on any atom is 0.229 e. The number of ether oxygens (including phenoxy) is 1. The lowest BCUT2D eigenvalue weighted by atomic mass is 10.1. The van der Waals surface area contributed by atoms with Crippen LogP contribution < -0.4 is 19.4 Å². The molecule has 1 aromatic carbocycles. The van der Waals surface area contributed by atoms with E-state index in [1.807, 2.05) is 6.07 Å². The van der Waals surface area contributed by atoms with E-state index in [9.17, 15) is 12.8 Å². The van der Waals surface area contributed by atoms with Crippen LogP contribution >= 0.6 is 11.6 Å². The topological polar surface area (TPSA) is 104 Å². The van der Waals surface area contributed by atoms with Gasteiger partial charge in [-0.15, -0.1) is 0 Å². The minimum Gasteiger partial charge on any atom is -0.378 e. The van der Waals surface area contributed by atoms with Crippen LogP contribution in [-0.2, 0) is 14.8 Å². The Kier molecular flexibility index (Phi) is 7.31. The lowest BCUT2D eigenvalue weighted by molar-refractivity contribution is 0.122. The van der Waals surface area contributed by atoms with Crippen LogP contribution in [0.3, 0.4) is 0 Å². The number of rotatable bonds is 6. The summed E-state index contributed by atoms with van der Waals surface area (Å²) in [5, 5.41) is 0.0352. The van der Waals surface area contributed by atoms with Crippen molar-refractivity contribution in [1.82, 2.24) is 15.0 Å². The molecule has 0 bridgehead atoms. The molecule has 3 aromatic rings. The molecule has 5 rings (SSSR count). The van der Waals surface area contributed by atoms with Gasteiger partial charge in [-0.1, -0.05) is 11.6 Å². The molecule has 2 aliphatic heterocycles. The molecule has 0 radical (unpaired) electrons. The maximum absolute atomic E-state index is 13.8. The number of anilines is 4. The van der Waals surface area contributed by atoms with Crippen LogP contribution in [0.5, 0.6) is 0 Å². The van der Waals surface area contributed by atoms with Crippen LogP contribution in [0.4, 0.5) is 27.7 Å². The van der Waals surface area contributed by atoms with Gasteiger partial charge in [0.15, 0.2) is 5.82 Å². The van der Waals surface area contributed by atoms with Crippen molar-refractivity contribution >= 4 is 44.9 Å². The molecule has 2 aromatic heterocycles. The van der Waals surface area contributed by atoms with E-state index in [0.717, 1.165) is 12.1 Å². The van der Waals surface area contributed by atoms with Crippen molar-refractivity contribution in [1.29, 1.82) is 0 Å². The first kappa shape index (κ1) is 25.4. The molecule has 2 saturated heterocycles. The Morgan fingerprint density at radius 3 is 2.41 bits per heavy atom. The highest BCUT2D eigenvalue weighted by molar-refractivity contribution is 7.92. The average Bonchev–Trinajstić information content (AvgIpc) is 2.90. The molecular formula is C24H27ClFN7O3S. The second-order valence-electron chi connectivity index (χ2n) is 8.86. The number of hydrogen-bond acceptors (Lipinski definition) is 9. The summed E-state index contributed by atoms with van der Waals surface area (Å²) in [6.07, 6.45) is 2.77. The van der Waals surface area contributed by atoms with E-state index in [0.29, 0.717) is 81.2 Å². The molecule has 0 amide bonds. The van der Waals surface area contributed by atoms with Gasteiger partial charge in [0, 0.05) is 57.1 Å². The molecule has 13 heteroatoms. The lowest BCUT2D eigenvalue weighted by Crippen LogP contribution is -2.47. The van der Waals surface area contributed by atoms with Gasteiger partial charge >= 0.3 is 0 Å². The first-order valence-corrected chi connectivity index (χ1v) is 14.1. The molecule has 196 valence electrons. The number of pyridine rings is 1. The SMILES string of the molecule is CS(=O)(=O)Nc1cccnc1N1CCN(c2cc(-c3ccc(F)c(Cl)c3)nc(N3CCOCC3)n2)CC1. The standard InChI is InChI=1S/C24H27ClFN7O3S/c1-37(34,35)30-20-3-2-6-27-23(20)32-9-7-31(8-10-32)22-16-21(17-4-5-19(26)18(25)15-17)28-24(29-22)33-11-13-36-14-12-33/h2-6,15-16,30H,7-14H2,1H3. The number of hydrogen-bond donors (Lipinski definition) is 1. The molecule has 0 saturated carbocycles. The zero-order valence-corrected chi connectivity index (χ0v) is 21.8. The second kappa shape index (κ2) is 10.6. The van der Waals surface area contributed by atoms with Gasteiger partial charge in [0.1, 0.15) is 11.6 Å². The molecule has 1 N–H and O–H groups in total. The molecule has 0 aliphatic carbocycles. The number of aromatic nitrogens is 3. The van der Waals surface area contributed by atoms with Gasteiger partial charge in [0.05, 0.1) is 35.9 Å². The Bertz CT molecular complexity index is 1380. The second-order valence-corrected chi connectivity index (χ2v) is 11.0. The number of morpholine rings is 1. The average molecular weight is 548 g/mol. The summed E-state index contributed by atoms with van der Waals surface area (Å²) >= 11 is 6.06. The third-order valence-corrected chi connectivity index (χ3v) is 7.08. The Hall–Kier alpha value is -3.22. The van der Waals surface area contributed by atoms with Crippen molar-refractivity contribution in [3.8, 4) is 11.3 Å². The van der Waals surface area contributed by atoms with Crippen molar-refractivity contribution in [2.45, 2.75) is 0 Å². The predicted molar refractivity (Wildman–Crippen MR) is 143 cm³/mol. The third kappa shape index (κ3) is 6.03. The van der Waals surface area contributed by atoms with E-state index >= 15 is 0 Å². The molecule has 4 heterocycles. The quantitative estimate of drug-likeness (QED) is 0.499. The monoisotopic (exact) mass is 547 g/mol. The predicted octanol–water partition coefficient (Wildman–Crippen LogP) is 2.87. The molecule has 37 heavy (non-hydrogen) atoms. The van der Waals surface area contributed by atoms with Gasteiger partial charge in [-0.05, 0) is 30.3 Å². The zero-order valence-electron chi connectivity index (χ0n) is 20.3. The fourth-order valence-corrected chi connectivity index (χ4v) is 5.11. The number of benzene rings is 1. The largest absolute Gasteiger partial charge is 0.378 e. The number of sulfonamides is 1. The van der Waals surface area contributed by atoms with Gasteiger partial charge in [-0.2, -0.15) is 4.98 Å². The van der Waals surface area contributed by atoms with Crippen molar-refractivity contribution in [3.63, 3.8) is 0 Å². The molecule has 2 aliphatic rings. The zero-order chi connectivity index (χ0) is 26.0. The summed E-state index contributed by atoms with van der Waals surface area (Å²) < 4.78 is 45.4. The van der Waals surface area contributed by atoms with Gasteiger partial charge in [0.25, 0.3) is 0 Å². The highest BCUT2D eigenvalue weighted by Crippen LogP contribution is 2.30. The number of nitrogens with one attached hydrogen (secondary N) is 1. The first-order chi connectivity index (χ1) is 17.8. The lowest BCUT2D eigenvalue weighted by Gasteiger charge is -2.37. The summed E-state index contributed by atoms with van der Waals surface area (Å²) in [5.74, 6) is 1.44. The van der Waals surface area contributed by atoms with E-state index in [2.05, 4.69) is 24.4 Å². The van der Waals surface area contributed by atoms with Crippen LogP contribution in [-0.4, -0.2) is 82.1 Å². The van der Waals surface area contributed by atoms with Gasteiger partial charge in [-0.3, -0.25) is 4.72 Å². The summed E-state index contributed by atoms with van der Waals surface area (Å²) in [5.41, 5.74) is 1.80. The Morgan fingerprint density at radius 2 is 1.70 bits per heavy atom. The van der Waals surface area contributed by atoms with Crippen LogP contribution in [0.1, 0.15) is 0 Å². The number of piperazine rings is 1. The third-order valence-electron chi connectivity index (χ3n) is 6.20. The Morgan fingerprint density at radius 1 is 0.973 bits per heavy atom. The van der Waals surface area contributed by atoms with Gasteiger partial charge < -0.3 is 19.4 Å². The van der Waals surface area contributed by atoms with Gasteiger partial charge in [-0.25, -0.2) is 22.8 Å². The van der Waals surface area contributed by atoms with E-state index in [-0.39, 0.29) is 5.02 Å². The number of halogens is 2. The number of nitrogens with zero attached hydrogens (tertiary/aromatic N) is 6. The van der Waals surface area contributed by atoms with Crippen molar-refractivity contribution < 1.29 is 17.5 Å². The molecule has 0 spiro atoms. The summed E-state index contributed by atoms with van der Waals surface area (Å²) in [6.45, 7) is 5.05. The van der Waals surface area contributed by atoms with Crippen molar-refractivity contribution in [2.24, 2.45) is 0 Å². The van der Waals surface area contributed by atoms with Gasteiger partial charge in [0.2, 0.25) is 16.0 Å². The highest BCUT2D eigenvalue weighted by Gasteiger charge is 2.24. The smallest absolute Gasteiger partial charge is 0.229 e. The molecular weight excluding hydrogens is 521 g/mol. The normalized spacial score (nSPS) is 16.7. The fourth-order valence-electron chi connectivity index (χ4n) is 4.37. The summed E-state index contributed by atoms with van der Waals surface area (Å²) in [7, 11) is -3.44. The molecule has 2 fully saturated rings. The van der Waals surface area contributed by atoms with Crippen molar-refractivity contribution in [2.75, 3.05) is 78.2 Å². The maximum atomic E-state index is 13.8. The minimum absolute atomic E-state index is 0.0352. The molecule has 0 unspecified atom stereocenters. The van der Waals surface area contributed by atoms with E-state index in [4.69, 9.17) is 26.3 Å². The minimum atomic E-state index is -3.44. The van der Waals surface area contributed by atoms with E-state index < -0.39 is 15.8 Å².